The molecule has 3 rings (SSSR count). The molecule has 1 heterocycles. The largest absolute Gasteiger partial charge is 0.497 e. The lowest BCUT2D eigenvalue weighted by Crippen LogP contribution is -2.19. The molecule has 0 bridgehead atoms. The highest BCUT2D eigenvalue weighted by atomic mass is 32.1. The zero-order valence-electron chi connectivity index (χ0n) is 13.1. The number of nitrogens with one attached hydrogen (secondary N) is 2. The highest BCUT2D eigenvalue weighted by molar-refractivity contribution is 7.15. The summed E-state index contributed by atoms with van der Waals surface area (Å²) in [5, 5.41) is 6.22. The van der Waals surface area contributed by atoms with E-state index in [1.807, 2.05) is 0 Å². The van der Waals surface area contributed by atoms with Crippen LogP contribution in [0.3, 0.4) is 0 Å². The van der Waals surface area contributed by atoms with E-state index in [1.54, 1.807) is 43.8 Å². The summed E-state index contributed by atoms with van der Waals surface area (Å²) in [6.07, 6.45) is 4.43. The fourth-order valence-corrected chi connectivity index (χ4v) is 3.59. The number of fused-ring (bicyclic) bond motifs is 1. The molecule has 0 unspecified atom stereocenters. The quantitative estimate of drug-likeness (QED) is 0.895. The average molecular weight is 333 g/mol. The molecule has 1 aromatic carbocycles. The minimum absolute atomic E-state index is 0.327. The first kappa shape index (κ1) is 15.6. The molecule has 6 nitrogen and oxygen atoms in total. The van der Waals surface area contributed by atoms with Gasteiger partial charge in [-0.05, 0) is 25.7 Å². The number of aryl methyl sites for hydroxylation is 2. The number of hydrogen-bond donors (Lipinski definition) is 2. The van der Waals surface area contributed by atoms with Gasteiger partial charge in [0.2, 0.25) is 0 Å². The van der Waals surface area contributed by atoms with Gasteiger partial charge < -0.3 is 14.8 Å². The molecule has 2 N–H and O–H groups in total. The van der Waals surface area contributed by atoms with E-state index in [0.29, 0.717) is 22.3 Å². The number of ether oxygens (including phenoxy) is 2. The Bertz CT molecular complexity index is 669. The van der Waals surface area contributed by atoms with Crippen LogP contribution < -0.4 is 20.1 Å². The van der Waals surface area contributed by atoms with E-state index in [9.17, 15) is 4.79 Å². The van der Waals surface area contributed by atoms with E-state index in [4.69, 9.17) is 9.47 Å². The van der Waals surface area contributed by atoms with Crippen LogP contribution in [-0.4, -0.2) is 25.2 Å². The Kier molecular flexibility index (Phi) is 4.66. The molecular weight excluding hydrogens is 314 g/mol. The van der Waals surface area contributed by atoms with Crippen molar-refractivity contribution in [1.82, 2.24) is 4.98 Å². The molecule has 1 aliphatic carbocycles. The number of carbonyl (C=O) groups excluding carboxylic acids is 1. The molecule has 23 heavy (non-hydrogen) atoms. The van der Waals surface area contributed by atoms with Gasteiger partial charge in [0.05, 0.1) is 19.9 Å². The third-order valence-electron chi connectivity index (χ3n) is 3.68. The summed E-state index contributed by atoms with van der Waals surface area (Å²) in [4.78, 5) is 17.9. The van der Waals surface area contributed by atoms with Crippen LogP contribution in [0, 0.1) is 0 Å². The van der Waals surface area contributed by atoms with E-state index in [1.165, 1.54) is 17.7 Å². The number of methoxy groups -OCH3 is 2. The number of rotatable bonds is 4. The van der Waals surface area contributed by atoms with Crippen molar-refractivity contribution in [2.24, 2.45) is 0 Å². The summed E-state index contributed by atoms with van der Waals surface area (Å²) in [5.74, 6) is 1.23. The smallest absolute Gasteiger partial charge is 0.325 e. The van der Waals surface area contributed by atoms with Crippen molar-refractivity contribution in [2.75, 3.05) is 24.9 Å². The molecule has 2 amide bonds. The van der Waals surface area contributed by atoms with Crippen LogP contribution in [0.25, 0.3) is 0 Å². The Morgan fingerprint density at radius 2 is 1.78 bits per heavy atom. The fraction of sp³-hybridized carbons (Fsp3) is 0.375. The molecule has 1 aliphatic rings. The maximum absolute atomic E-state index is 12.2. The monoisotopic (exact) mass is 333 g/mol. The van der Waals surface area contributed by atoms with Gasteiger partial charge >= 0.3 is 6.03 Å². The number of anilines is 2. The lowest BCUT2D eigenvalue weighted by Gasteiger charge is -2.09. The molecule has 2 aromatic rings. The van der Waals surface area contributed by atoms with Crippen LogP contribution in [0.5, 0.6) is 11.5 Å². The number of amides is 2. The van der Waals surface area contributed by atoms with E-state index < -0.39 is 0 Å². The first-order chi connectivity index (χ1) is 11.2. The van der Waals surface area contributed by atoms with Crippen molar-refractivity contribution < 1.29 is 14.3 Å². The Morgan fingerprint density at radius 1 is 1.09 bits per heavy atom. The zero-order chi connectivity index (χ0) is 16.2. The van der Waals surface area contributed by atoms with Crippen molar-refractivity contribution in [3.8, 4) is 11.5 Å². The third-order valence-corrected chi connectivity index (χ3v) is 4.75. The van der Waals surface area contributed by atoms with Crippen LogP contribution in [0.4, 0.5) is 15.6 Å². The number of aromatic nitrogens is 1. The standard InChI is InChI=1S/C16H19N3O3S/c1-21-11-7-10(8-12(9-11)22-2)17-15(20)19-16-18-13-5-3-4-6-14(13)23-16/h7-9H,3-6H2,1-2H3,(H2,17,18,19,20). The molecule has 0 saturated heterocycles. The predicted octanol–water partition coefficient (Wildman–Crippen LogP) is 3.68. The molecule has 0 fully saturated rings. The van der Waals surface area contributed by atoms with Crippen LogP contribution in [0.15, 0.2) is 18.2 Å². The summed E-state index contributed by atoms with van der Waals surface area (Å²) < 4.78 is 10.4. The van der Waals surface area contributed by atoms with E-state index >= 15 is 0 Å². The minimum atomic E-state index is -0.327. The highest BCUT2D eigenvalue weighted by Crippen LogP contribution is 2.30. The van der Waals surface area contributed by atoms with Crippen LogP contribution in [0.2, 0.25) is 0 Å². The second-order valence-electron chi connectivity index (χ2n) is 5.28. The molecule has 0 aliphatic heterocycles. The van der Waals surface area contributed by atoms with Crippen molar-refractivity contribution in [1.29, 1.82) is 0 Å². The van der Waals surface area contributed by atoms with Gasteiger partial charge in [-0.1, -0.05) is 0 Å². The molecule has 0 saturated carbocycles. The minimum Gasteiger partial charge on any atom is -0.497 e. The summed E-state index contributed by atoms with van der Waals surface area (Å²) >= 11 is 1.56. The number of thiazole rings is 1. The summed E-state index contributed by atoms with van der Waals surface area (Å²) in [6, 6.07) is 4.88. The second-order valence-corrected chi connectivity index (χ2v) is 6.36. The van der Waals surface area contributed by atoms with Gasteiger partial charge in [-0.3, -0.25) is 5.32 Å². The fourth-order valence-electron chi connectivity index (χ4n) is 2.54. The summed E-state index contributed by atoms with van der Waals surface area (Å²) in [7, 11) is 3.14. The topological polar surface area (TPSA) is 72.5 Å². The third kappa shape index (κ3) is 3.73. The molecule has 7 heteroatoms. The number of carbonyl (C=O) groups is 1. The molecule has 0 atom stereocenters. The van der Waals surface area contributed by atoms with Crippen molar-refractivity contribution in [3.05, 3.63) is 28.8 Å². The van der Waals surface area contributed by atoms with Gasteiger partial charge in [0.1, 0.15) is 11.5 Å². The Labute approximate surface area is 138 Å². The lowest BCUT2D eigenvalue weighted by atomic mass is 10.0. The first-order valence-corrected chi connectivity index (χ1v) is 8.29. The van der Waals surface area contributed by atoms with E-state index in [2.05, 4.69) is 15.6 Å². The maximum Gasteiger partial charge on any atom is 0.325 e. The van der Waals surface area contributed by atoms with Crippen molar-refractivity contribution in [3.63, 3.8) is 0 Å². The first-order valence-electron chi connectivity index (χ1n) is 7.47. The van der Waals surface area contributed by atoms with Gasteiger partial charge in [0.25, 0.3) is 0 Å². The molecule has 1 aromatic heterocycles. The normalized spacial score (nSPS) is 13.1. The average Bonchev–Trinajstić information content (AvgIpc) is 2.96. The van der Waals surface area contributed by atoms with Gasteiger partial charge in [0, 0.05) is 28.8 Å². The van der Waals surface area contributed by atoms with E-state index in [-0.39, 0.29) is 6.03 Å². The van der Waals surface area contributed by atoms with Crippen molar-refractivity contribution >= 4 is 28.2 Å². The van der Waals surface area contributed by atoms with Crippen molar-refractivity contribution in [2.45, 2.75) is 25.7 Å². The van der Waals surface area contributed by atoms with Gasteiger partial charge in [-0.15, -0.1) is 11.3 Å². The molecular formula is C16H19N3O3S. The SMILES string of the molecule is COc1cc(NC(=O)Nc2nc3c(s2)CCCC3)cc(OC)c1. The van der Waals surface area contributed by atoms with Gasteiger partial charge in [-0.2, -0.15) is 0 Å². The second kappa shape index (κ2) is 6.87. The molecule has 0 radical (unpaired) electrons. The van der Waals surface area contributed by atoms with Gasteiger partial charge in [-0.25, -0.2) is 9.78 Å². The summed E-state index contributed by atoms with van der Waals surface area (Å²) in [5.41, 5.74) is 1.72. The zero-order valence-corrected chi connectivity index (χ0v) is 14.0. The Morgan fingerprint density at radius 3 is 2.43 bits per heavy atom. The lowest BCUT2D eigenvalue weighted by molar-refractivity contribution is 0.262. The highest BCUT2D eigenvalue weighted by Gasteiger charge is 2.16. The molecule has 0 spiro atoms. The number of nitrogens with zero attached hydrogens (tertiary/aromatic N) is 1. The number of benzene rings is 1. The number of hydrogen-bond acceptors (Lipinski definition) is 5. The van der Waals surface area contributed by atoms with E-state index in [0.717, 1.165) is 18.5 Å². The van der Waals surface area contributed by atoms with Crippen LogP contribution in [0.1, 0.15) is 23.4 Å². The molecule has 122 valence electrons. The summed E-state index contributed by atoms with van der Waals surface area (Å²) in [6.45, 7) is 0. The Hall–Kier alpha value is -2.28. The maximum atomic E-state index is 12.2. The van der Waals surface area contributed by atoms with Crippen LogP contribution in [-0.2, 0) is 12.8 Å². The van der Waals surface area contributed by atoms with Gasteiger partial charge in [0.15, 0.2) is 5.13 Å². The van der Waals surface area contributed by atoms with Crippen LogP contribution >= 0.6 is 11.3 Å². The Balaban J connectivity index is 1.68. The predicted molar refractivity (Wildman–Crippen MR) is 90.9 cm³/mol. The number of urea groups is 1.